The van der Waals surface area contributed by atoms with Crippen LogP contribution in [-0.2, 0) is 97.1 Å². The zero-order chi connectivity index (χ0) is 69.8. The summed E-state index contributed by atoms with van der Waals surface area (Å²) in [6.07, 6.45) is 4.77. The summed E-state index contributed by atoms with van der Waals surface area (Å²) in [5.74, 6) is -1.84. The van der Waals surface area contributed by atoms with Gasteiger partial charge < -0.3 is 68.6 Å². The normalized spacial score (nSPS) is 26.4. The van der Waals surface area contributed by atoms with E-state index in [1.54, 1.807) is 0 Å². The fourth-order valence-electron chi connectivity index (χ4n) is 12.3. The lowest BCUT2D eigenvalue weighted by Crippen LogP contribution is -2.47. The van der Waals surface area contributed by atoms with Crippen LogP contribution in [0.3, 0.4) is 0 Å². The molecule has 540 valence electrons. The highest BCUT2D eigenvalue weighted by Gasteiger charge is 2.43. The molecule has 8 unspecified atom stereocenters. The van der Waals surface area contributed by atoms with Gasteiger partial charge in [0.15, 0.2) is 24.7 Å². The maximum absolute atomic E-state index is 14.5. The van der Waals surface area contributed by atoms with E-state index in [0.29, 0.717) is 123 Å². The quantitative estimate of drug-likeness (QED) is 0.0268. The molecule has 4 amide bonds. The molecule has 1 aromatic carbocycles. The highest BCUT2D eigenvalue weighted by Crippen LogP contribution is 2.38. The highest BCUT2D eigenvalue weighted by molar-refractivity contribution is 5.92. The number of ether oxygens (including phenoxy) is 10. The van der Waals surface area contributed by atoms with E-state index >= 15 is 0 Å². The average Bonchev–Trinajstić information content (AvgIpc) is 0.843. The Kier molecular flexibility index (Phi) is 38.8. The number of unbranched alkanes of at least 4 members (excludes halogenated alkanes) is 5. The van der Waals surface area contributed by atoms with Gasteiger partial charge in [-0.05, 0) is 118 Å². The van der Waals surface area contributed by atoms with Gasteiger partial charge in [0, 0.05) is 116 Å². The van der Waals surface area contributed by atoms with Crippen molar-refractivity contribution in [3.8, 4) is 0 Å². The van der Waals surface area contributed by atoms with Crippen LogP contribution in [0.2, 0.25) is 0 Å². The topological polar surface area (TPSA) is 294 Å². The molecule has 17 atom stereocenters. The van der Waals surface area contributed by atoms with Gasteiger partial charge in [0.05, 0.1) is 24.4 Å². The predicted octanol–water partition coefficient (Wildman–Crippen LogP) is 9.41. The van der Waals surface area contributed by atoms with Gasteiger partial charge in [-0.2, -0.15) is 0 Å². The Bertz CT molecular complexity index is 2470. The van der Waals surface area contributed by atoms with Gasteiger partial charge in [0.2, 0.25) is 23.6 Å². The van der Waals surface area contributed by atoms with Crippen molar-refractivity contribution < 1.29 is 90.5 Å². The summed E-state index contributed by atoms with van der Waals surface area (Å²) in [7, 11) is 0. The van der Waals surface area contributed by atoms with Crippen LogP contribution in [0.5, 0.6) is 0 Å². The molecule has 0 aliphatic carbocycles. The van der Waals surface area contributed by atoms with Crippen molar-refractivity contribution in [2.75, 3.05) is 59.3 Å². The third-order valence-corrected chi connectivity index (χ3v) is 19.7. The molecule has 4 N–H and O–H groups in total. The van der Waals surface area contributed by atoms with Gasteiger partial charge in [-0.3, -0.25) is 43.2 Å². The van der Waals surface area contributed by atoms with E-state index in [2.05, 4.69) is 83.6 Å². The van der Waals surface area contributed by atoms with E-state index in [1.807, 2.05) is 30.3 Å². The van der Waals surface area contributed by atoms with Gasteiger partial charge >= 0.3 is 23.9 Å². The fourth-order valence-corrected chi connectivity index (χ4v) is 12.3. The largest absolute Gasteiger partial charge is 0.463 e. The van der Waals surface area contributed by atoms with Crippen molar-refractivity contribution in [3.63, 3.8) is 0 Å². The molecule has 3 heterocycles. The first-order valence-electron chi connectivity index (χ1n) is 35.4. The lowest BCUT2D eigenvalue weighted by atomic mass is 9.79. The number of ketones is 1. The van der Waals surface area contributed by atoms with Crippen LogP contribution in [0.4, 0.5) is 0 Å². The number of Topliss-reactive ketones (excluding diaryl/α,β-unsaturated/α-hetero) is 1. The minimum atomic E-state index is -0.919. The summed E-state index contributed by atoms with van der Waals surface area (Å²) >= 11 is 0. The summed E-state index contributed by atoms with van der Waals surface area (Å²) in [5, 5.41) is 11.9. The molecule has 23 heteroatoms. The maximum Gasteiger partial charge on any atom is 0.306 e. The minimum absolute atomic E-state index is 0.0758. The smallest absolute Gasteiger partial charge is 0.306 e. The average molecular weight is 1340 g/mol. The zero-order valence-corrected chi connectivity index (χ0v) is 59.3. The van der Waals surface area contributed by atoms with Crippen molar-refractivity contribution >= 4 is 53.3 Å². The number of hydrogen-bond donors (Lipinski definition) is 4. The van der Waals surface area contributed by atoms with Crippen LogP contribution < -0.4 is 21.3 Å². The molecule has 0 bridgehead atoms. The molecular formula is C72H118N4O19. The molecule has 0 aromatic heterocycles. The summed E-state index contributed by atoms with van der Waals surface area (Å²) < 4.78 is 58.3. The van der Waals surface area contributed by atoms with E-state index in [1.165, 1.54) is 20.8 Å². The second kappa shape index (κ2) is 45.1. The summed E-state index contributed by atoms with van der Waals surface area (Å²) in [6.45, 7) is 25.6. The van der Waals surface area contributed by atoms with Crippen LogP contribution >= 0.6 is 0 Å². The van der Waals surface area contributed by atoms with Crippen molar-refractivity contribution in [1.29, 1.82) is 0 Å². The summed E-state index contributed by atoms with van der Waals surface area (Å²) in [4.78, 5) is 115. The van der Waals surface area contributed by atoms with E-state index in [9.17, 15) is 43.2 Å². The Hall–Kier alpha value is -5.59. The molecule has 95 heavy (non-hydrogen) atoms. The predicted molar refractivity (Wildman–Crippen MR) is 355 cm³/mol. The third-order valence-electron chi connectivity index (χ3n) is 19.7. The minimum Gasteiger partial charge on any atom is -0.463 e. The number of amides is 4. The SMILES string of the molecule is CC(=O)OCC1O[C@@H](OCCCCC(=O)NCCCCC(CC(=O)C(CCCCNC(=O)CCCCO[C@@H]2OC(COC(C)=O)[C@H](C)[C@H](C)C2C)NC(=O)CCCCO[C@@H]2OC(COC(C)=O)[C@H](C)[C@H](C)C2C)C(=O)NCCCC(=O)OCc2ccccc2)C(C)[C@@H](C)[C@H]1C. The molecule has 3 fully saturated rings. The molecule has 4 rings (SSSR count). The van der Waals surface area contributed by atoms with Crippen LogP contribution in [-0.4, -0.2) is 156 Å². The first-order valence-corrected chi connectivity index (χ1v) is 35.4. The Labute approximate surface area is 565 Å². The number of hydrogen-bond acceptors (Lipinski definition) is 19. The number of rotatable bonds is 45. The number of benzene rings is 1. The number of nitrogens with one attached hydrogen (secondary N) is 4. The summed E-state index contributed by atoms with van der Waals surface area (Å²) in [6, 6.07) is 8.41. The van der Waals surface area contributed by atoms with Crippen molar-refractivity contribution in [3.05, 3.63) is 35.9 Å². The Morgan fingerprint density at radius 3 is 1.24 bits per heavy atom. The molecule has 3 aliphatic heterocycles. The molecule has 0 radical (unpaired) electrons. The first-order chi connectivity index (χ1) is 45.4. The van der Waals surface area contributed by atoms with E-state index in [-0.39, 0.29) is 178 Å². The van der Waals surface area contributed by atoms with Crippen LogP contribution in [0.15, 0.2) is 30.3 Å². The lowest BCUT2D eigenvalue weighted by Gasteiger charge is -2.43. The molecule has 0 spiro atoms. The maximum atomic E-state index is 14.5. The molecule has 3 aliphatic rings. The standard InChI is InChI=1S/C72H118N4O19/c1-46-49(4)62(43-89-55(10)77)93-70(52(46)7)86-38-23-18-31-65(81)73-35-21-16-29-59(69(85)75-37-26-34-68(84)92-42-58-27-14-13-15-28-58)41-61(80)60(76-67(83)33-20-25-40-88-72-54(9)48(3)51(6)64(95-72)45-91-57(12)79)30-17-22-36-74-66(82)32-19-24-39-87-71-53(8)47(2)50(5)63(94-71)44-90-56(11)78/h13-15,27-28,46-54,59-60,62-64,70-72H,16-26,29-45H2,1-12H3,(H,73,81)(H,74,82)(H,75,85)(H,76,83)/t46-,47-,48-,49+,50+,51+,52?,53?,54?,59?,60?,62?,63?,64?,70+,71+,72+/m0/s1. The Morgan fingerprint density at radius 2 is 0.821 bits per heavy atom. The second-order valence-electron chi connectivity index (χ2n) is 27.0. The van der Waals surface area contributed by atoms with E-state index < -0.39 is 36.8 Å². The van der Waals surface area contributed by atoms with Crippen molar-refractivity contribution in [1.82, 2.24) is 21.3 Å². The van der Waals surface area contributed by atoms with Gasteiger partial charge in [-0.15, -0.1) is 0 Å². The first kappa shape index (κ1) is 81.8. The Morgan fingerprint density at radius 1 is 0.421 bits per heavy atom. The molecular weight excluding hydrogens is 1220 g/mol. The van der Waals surface area contributed by atoms with Crippen LogP contribution in [0.25, 0.3) is 0 Å². The number of carbonyl (C=O) groups is 9. The van der Waals surface area contributed by atoms with Gasteiger partial charge in [-0.25, -0.2) is 0 Å². The van der Waals surface area contributed by atoms with Gasteiger partial charge in [-0.1, -0.05) is 99.1 Å². The lowest BCUT2D eigenvalue weighted by molar-refractivity contribution is -0.255. The zero-order valence-electron chi connectivity index (χ0n) is 59.3. The van der Waals surface area contributed by atoms with Crippen molar-refractivity contribution in [2.24, 2.45) is 59.2 Å². The monoisotopic (exact) mass is 1340 g/mol. The van der Waals surface area contributed by atoms with Gasteiger partial charge in [0.1, 0.15) is 26.4 Å². The third kappa shape index (κ3) is 31.2. The fraction of sp³-hybridized carbons (Fsp3) is 0.792. The summed E-state index contributed by atoms with van der Waals surface area (Å²) in [5.41, 5.74) is 0.857. The van der Waals surface area contributed by atoms with Gasteiger partial charge in [0.25, 0.3) is 0 Å². The van der Waals surface area contributed by atoms with Crippen LogP contribution in [0.1, 0.15) is 204 Å². The number of carbonyl (C=O) groups excluding carboxylic acids is 9. The molecule has 0 saturated carbocycles. The van der Waals surface area contributed by atoms with Crippen molar-refractivity contribution in [2.45, 2.75) is 248 Å². The number of esters is 4. The highest BCUT2D eigenvalue weighted by atomic mass is 16.7. The Balaban J connectivity index is 1.32. The van der Waals surface area contributed by atoms with E-state index in [0.717, 1.165) is 5.56 Å². The molecule has 23 nitrogen and oxygen atoms in total. The molecule has 1 aromatic rings. The molecule has 3 saturated heterocycles. The second-order valence-corrected chi connectivity index (χ2v) is 27.0. The van der Waals surface area contributed by atoms with Crippen LogP contribution in [0, 0.1) is 59.2 Å². The van der Waals surface area contributed by atoms with E-state index in [4.69, 9.17) is 47.4 Å².